The molecule has 1 atom stereocenters. The summed E-state index contributed by atoms with van der Waals surface area (Å²) in [7, 11) is 0.667. The summed E-state index contributed by atoms with van der Waals surface area (Å²) in [4.78, 5) is 18.7. The normalized spacial score (nSPS) is 18.5. The summed E-state index contributed by atoms with van der Waals surface area (Å²) in [5, 5.41) is 12.0. The fraction of sp³-hybridized carbons (Fsp3) is 0.578. The number of anilines is 1. The van der Waals surface area contributed by atoms with Crippen molar-refractivity contribution >= 4 is 35.6 Å². The summed E-state index contributed by atoms with van der Waals surface area (Å²) in [5.41, 5.74) is 4.81. The molecule has 4 heterocycles. The molecule has 4 aromatic rings. The van der Waals surface area contributed by atoms with Crippen molar-refractivity contribution in [3.63, 3.8) is 0 Å². The molecule has 2 aromatic carbocycles. The number of methoxy groups -OCH3 is 2. The van der Waals surface area contributed by atoms with E-state index in [1.807, 2.05) is 4.90 Å². The number of rotatable bonds is 14. The Balaban J connectivity index is 1.43. The molecule has 0 bridgehead atoms. The molecule has 11 nitrogen and oxygen atoms in total. The highest BCUT2D eigenvalue weighted by Gasteiger charge is 2.45. The fourth-order valence-corrected chi connectivity index (χ4v) is 14.6. The maximum Gasteiger partial charge on any atom is 0.319 e. The van der Waals surface area contributed by atoms with Gasteiger partial charge in [-0.2, -0.15) is 9.97 Å². The molecule has 14 heteroatoms. The van der Waals surface area contributed by atoms with Crippen molar-refractivity contribution in [3.8, 4) is 40.4 Å². The molecule has 318 valence electrons. The zero-order valence-corrected chi connectivity index (χ0v) is 36.8. The van der Waals surface area contributed by atoms with Crippen LogP contribution in [-0.4, -0.2) is 113 Å². The Morgan fingerprint density at radius 2 is 1.68 bits per heavy atom. The summed E-state index contributed by atoms with van der Waals surface area (Å²) < 4.78 is 63.1. The molecule has 3 aliphatic rings. The number of nitrogens with zero attached hydrogens (tertiary/aromatic N) is 5. The number of hydrogen-bond acceptors (Lipinski definition) is 11. The number of aliphatic hydroxyl groups excluding tert-OH is 1. The first-order chi connectivity index (χ1) is 28.3. The quantitative estimate of drug-likeness (QED) is 0.0756. The highest BCUT2D eigenvalue weighted by atomic mass is 28.3. The first-order valence-corrected chi connectivity index (χ1v) is 23.3. The highest BCUT2D eigenvalue weighted by molar-refractivity contribution is 6.90. The first kappa shape index (κ1) is 43.0. The van der Waals surface area contributed by atoms with Gasteiger partial charge in [0.1, 0.15) is 42.1 Å². The fourth-order valence-electron chi connectivity index (χ4n) is 9.38. The third-order valence-electron chi connectivity index (χ3n) is 12.6. The van der Waals surface area contributed by atoms with E-state index in [-0.39, 0.29) is 58.4 Å². The summed E-state index contributed by atoms with van der Waals surface area (Å²) in [5.74, 6) is 2.88. The number of β-amino-alcohol motifs (C(OH)–C–C–N with tert-alkyl or cyclic N) is 1. The van der Waals surface area contributed by atoms with Crippen molar-refractivity contribution in [3.05, 3.63) is 41.5 Å². The predicted molar refractivity (Wildman–Crippen MR) is 229 cm³/mol. The Bertz CT molecular complexity index is 2200. The van der Waals surface area contributed by atoms with Crippen LogP contribution in [0.3, 0.4) is 0 Å². The number of fused-ring (bicyclic) bond motifs is 2. The number of piperidine rings is 1. The minimum absolute atomic E-state index is 0.0240. The lowest BCUT2D eigenvalue weighted by Crippen LogP contribution is -2.43. The van der Waals surface area contributed by atoms with Crippen molar-refractivity contribution in [2.75, 3.05) is 78.5 Å². The van der Waals surface area contributed by atoms with E-state index >= 15 is 8.78 Å². The molecule has 1 N–H and O–H groups in total. The van der Waals surface area contributed by atoms with E-state index in [4.69, 9.17) is 38.6 Å². The Morgan fingerprint density at radius 1 is 0.949 bits per heavy atom. The SMILES string of the molecule is COCOc1cc(-c2nc(OC)c3c(N4CCC[C@@H](O)C4)nc(OCC4(CN5CCOCC5)CC4)nc3c2F)c2c(C#C[Si](C(C)C)(C(C)C)C(C)C)c(F)ccc2c1. The van der Waals surface area contributed by atoms with Crippen LogP contribution in [-0.2, 0) is 9.47 Å². The van der Waals surface area contributed by atoms with Crippen LogP contribution in [0.2, 0.25) is 16.6 Å². The molecule has 0 unspecified atom stereocenters. The average Bonchev–Trinajstić information content (AvgIpc) is 3.99. The molecule has 7 rings (SSSR count). The molecular weight excluding hydrogens is 773 g/mol. The lowest BCUT2D eigenvalue weighted by molar-refractivity contribution is 0.0231. The Kier molecular flexibility index (Phi) is 13.0. The standard InChI is InChI=1S/C45H59F2N5O6Si/c1-28(2)59(29(3)4,30(5)6)21-13-34-36(46)12-11-31-22-33(58-27-54-7)23-35(37(31)34)40-39(47)41-38(43(48-40)55-8)42(52-16-9-10-32(53)24-52)50-44(49-41)57-26-45(14-15-45)25-51-17-19-56-20-18-51/h11-12,22-23,28-30,32,53H,9-10,14-20,24-27H2,1-8H3/t32-/m1/s1. The molecular formula is C45H59F2N5O6Si. The number of benzene rings is 2. The van der Waals surface area contributed by atoms with Crippen LogP contribution >= 0.6 is 0 Å². The predicted octanol–water partition coefficient (Wildman–Crippen LogP) is 8.14. The van der Waals surface area contributed by atoms with Crippen LogP contribution in [0.5, 0.6) is 17.6 Å². The van der Waals surface area contributed by atoms with E-state index in [0.29, 0.717) is 78.2 Å². The molecule has 3 fully saturated rings. The lowest BCUT2D eigenvalue weighted by Gasteiger charge is -2.38. The maximum absolute atomic E-state index is 17.8. The van der Waals surface area contributed by atoms with E-state index < -0.39 is 25.8 Å². The number of aliphatic hydroxyl groups is 1. The molecule has 2 aliphatic heterocycles. The van der Waals surface area contributed by atoms with Gasteiger partial charge in [0.05, 0.1) is 38.6 Å². The molecule has 2 saturated heterocycles. The largest absolute Gasteiger partial charge is 0.480 e. The van der Waals surface area contributed by atoms with Crippen molar-refractivity contribution in [1.82, 2.24) is 19.9 Å². The van der Waals surface area contributed by atoms with Gasteiger partial charge in [-0.05, 0) is 65.9 Å². The van der Waals surface area contributed by atoms with Gasteiger partial charge in [-0.15, -0.1) is 5.54 Å². The minimum Gasteiger partial charge on any atom is -0.480 e. The van der Waals surface area contributed by atoms with Crippen molar-refractivity contribution < 1.29 is 37.6 Å². The van der Waals surface area contributed by atoms with Crippen LogP contribution in [0.1, 0.15) is 72.8 Å². The van der Waals surface area contributed by atoms with Crippen molar-refractivity contribution in [1.29, 1.82) is 0 Å². The van der Waals surface area contributed by atoms with Gasteiger partial charge in [0.25, 0.3) is 0 Å². The van der Waals surface area contributed by atoms with E-state index in [1.54, 1.807) is 18.2 Å². The average molecular weight is 832 g/mol. The molecule has 0 spiro atoms. The number of morpholine rings is 1. The summed E-state index contributed by atoms with van der Waals surface area (Å²) >= 11 is 0. The van der Waals surface area contributed by atoms with Gasteiger partial charge in [0, 0.05) is 56.2 Å². The molecule has 2 aromatic heterocycles. The van der Waals surface area contributed by atoms with Gasteiger partial charge in [0.2, 0.25) is 5.88 Å². The van der Waals surface area contributed by atoms with Crippen LogP contribution in [0.15, 0.2) is 24.3 Å². The molecule has 0 radical (unpaired) electrons. The number of aromatic nitrogens is 3. The Morgan fingerprint density at radius 3 is 2.32 bits per heavy atom. The zero-order valence-electron chi connectivity index (χ0n) is 35.8. The Labute approximate surface area is 347 Å². The number of hydrogen-bond donors (Lipinski definition) is 1. The van der Waals surface area contributed by atoms with E-state index in [1.165, 1.54) is 20.3 Å². The van der Waals surface area contributed by atoms with Gasteiger partial charge in [-0.3, -0.25) is 4.90 Å². The van der Waals surface area contributed by atoms with Crippen molar-refractivity contribution in [2.24, 2.45) is 5.41 Å². The molecule has 1 aliphatic carbocycles. The van der Waals surface area contributed by atoms with Gasteiger partial charge in [-0.1, -0.05) is 53.5 Å². The third-order valence-corrected chi connectivity index (χ3v) is 18.9. The lowest BCUT2D eigenvalue weighted by atomic mass is 9.95. The van der Waals surface area contributed by atoms with E-state index in [0.717, 1.165) is 32.5 Å². The van der Waals surface area contributed by atoms with Crippen molar-refractivity contribution in [2.45, 2.75) is 90.0 Å². The number of pyridine rings is 1. The summed E-state index contributed by atoms with van der Waals surface area (Å²) in [6, 6.07) is 6.48. The topological polar surface area (TPSA) is 112 Å². The molecule has 0 amide bonds. The monoisotopic (exact) mass is 831 g/mol. The third kappa shape index (κ3) is 8.73. The highest BCUT2D eigenvalue weighted by Crippen LogP contribution is 2.48. The maximum atomic E-state index is 17.8. The second kappa shape index (κ2) is 17.8. The summed E-state index contributed by atoms with van der Waals surface area (Å²) in [6.45, 7) is 18.5. The van der Waals surface area contributed by atoms with Gasteiger partial charge in [-0.25, -0.2) is 13.8 Å². The smallest absolute Gasteiger partial charge is 0.319 e. The minimum atomic E-state index is -2.31. The summed E-state index contributed by atoms with van der Waals surface area (Å²) in [6.07, 6.45) is 2.78. The second-order valence-corrected chi connectivity index (χ2v) is 23.0. The van der Waals surface area contributed by atoms with Gasteiger partial charge < -0.3 is 33.7 Å². The first-order valence-electron chi connectivity index (χ1n) is 21.0. The van der Waals surface area contributed by atoms with Crippen LogP contribution < -0.4 is 19.1 Å². The van der Waals surface area contributed by atoms with E-state index in [9.17, 15) is 5.11 Å². The van der Waals surface area contributed by atoms with Gasteiger partial charge in [0.15, 0.2) is 12.6 Å². The number of halogens is 2. The zero-order chi connectivity index (χ0) is 42.1. The van der Waals surface area contributed by atoms with E-state index in [2.05, 4.69) is 57.9 Å². The number of ether oxygens (including phenoxy) is 5. The van der Waals surface area contributed by atoms with Crippen LogP contribution in [0.4, 0.5) is 14.6 Å². The van der Waals surface area contributed by atoms with Gasteiger partial charge >= 0.3 is 6.01 Å². The Hall–Kier alpha value is -4.13. The van der Waals surface area contributed by atoms with Crippen LogP contribution in [0, 0.1) is 28.5 Å². The second-order valence-electron chi connectivity index (χ2n) is 17.4. The molecule has 1 saturated carbocycles. The molecule has 59 heavy (non-hydrogen) atoms. The van der Waals surface area contributed by atoms with Crippen LogP contribution in [0.25, 0.3) is 32.9 Å².